The van der Waals surface area contributed by atoms with Crippen molar-refractivity contribution in [2.45, 2.75) is 50.8 Å². The van der Waals surface area contributed by atoms with Crippen LogP contribution in [0.2, 0.25) is 0 Å². The number of ether oxygens (including phenoxy) is 1. The van der Waals surface area contributed by atoms with Crippen LogP contribution in [0.3, 0.4) is 0 Å². The molecule has 3 aromatic rings. The summed E-state index contributed by atoms with van der Waals surface area (Å²) >= 11 is 0. The van der Waals surface area contributed by atoms with Crippen molar-refractivity contribution >= 4 is 17.9 Å². The second kappa shape index (κ2) is 9.48. The number of hydrogen-bond acceptors (Lipinski definition) is 5. The average Bonchev–Trinajstić information content (AvgIpc) is 3.68. The Hall–Kier alpha value is -4.27. The largest absolute Gasteiger partial charge is 0.427 e. The van der Waals surface area contributed by atoms with E-state index in [2.05, 4.69) is 4.98 Å². The van der Waals surface area contributed by atoms with Crippen molar-refractivity contribution in [3.8, 4) is 11.1 Å². The molecule has 1 aliphatic heterocycles. The molecule has 3 aliphatic rings. The van der Waals surface area contributed by atoms with E-state index < -0.39 is 24.1 Å². The lowest BCUT2D eigenvalue weighted by Crippen LogP contribution is -2.47. The van der Waals surface area contributed by atoms with Crippen LogP contribution in [0.15, 0.2) is 65.6 Å². The van der Waals surface area contributed by atoms with E-state index in [-0.39, 0.29) is 29.9 Å². The molecule has 1 N–H and O–H groups in total. The summed E-state index contributed by atoms with van der Waals surface area (Å²) in [4.78, 5) is 56.9. The number of aryl methyl sites for hydroxylation is 1. The van der Waals surface area contributed by atoms with Gasteiger partial charge in [-0.3, -0.25) is 14.4 Å². The van der Waals surface area contributed by atoms with E-state index in [0.29, 0.717) is 24.3 Å². The van der Waals surface area contributed by atoms with Crippen molar-refractivity contribution in [2.24, 2.45) is 5.92 Å². The van der Waals surface area contributed by atoms with Crippen LogP contribution in [0.4, 0.5) is 9.18 Å². The Bertz CT molecular complexity index is 1510. The number of hydrogen-bond donors (Lipinski definition) is 1. The molecule has 0 bridgehead atoms. The molecule has 1 unspecified atom stereocenters. The number of amides is 3. The molecule has 1 saturated carbocycles. The first kappa shape index (κ1) is 25.0. The van der Waals surface area contributed by atoms with Gasteiger partial charge in [-0.2, -0.15) is 0 Å². The Labute approximate surface area is 224 Å². The number of imide groups is 1. The third-order valence-electron chi connectivity index (χ3n) is 8.15. The zero-order chi connectivity index (χ0) is 27.3. The molecule has 2 fully saturated rings. The maximum Gasteiger partial charge on any atom is 0.418 e. The molecule has 2 aromatic carbocycles. The van der Waals surface area contributed by atoms with Crippen molar-refractivity contribution in [2.75, 3.05) is 6.54 Å². The van der Waals surface area contributed by atoms with E-state index in [1.165, 1.54) is 18.2 Å². The van der Waals surface area contributed by atoms with Crippen molar-refractivity contribution < 1.29 is 23.5 Å². The third kappa shape index (κ3) is 4.51. The minimum Gasteiger partial charge on any atom is -0.427 e. The number of rotatable bonds is 7. The summed E-state index contributed by atoms with van der Waals surface area (Å²) in [5, 5.41) is 0. The van der Waals surface area contributed by atoms with Gasteiger partial charge in [0.2, 0.25) is 17.1 Å². The molecule has 2 aliphatic carbocycles. The van der Waals surface area contributed by atoms with Crippen LogP contribution in [0.25, 0.3) is 11.1 Å². The number of fused-ring (bicyclic) bond motifs is 2. The van der Waals surface area contributed by atoms with Crippen LogP contribution in [0.1, 0.15) is 42.9 Å². The molecule has 200 valence electrons. The van der Waals surface area contributed by atoms with Crippen LogP contribution < -0.4 is 5.56 Å². The Morgan fingerprint density at radius 1 is 1.10 bits per heavy atom. The molecule has 1 spiro atoms. The van der Waals surface area contributed by atoms with Crippen molar-refractivity contribution in [1.82, 2.24) is 14.8 Å². The fraction of sp³-hybridized carbons (Fsp3) is 0.333. The van der Waals surface area contributed by atoms with Gasteiger partial charge in [0, 0.05) is 36.8 Å². The highest BCUT2D eigenvalue weighted by Gasteiger charge is 2.58. The summed E-state index contributed by atoms with van der Waals surface area (Å²) in [7, 11) is 0. The maximum atomic E-state index is 13.7. The standard InChI is InChI=1S/C30H28FN3O5/c1-18(20-4-5-20)33(16-19-2-8-24(31)9-3-19)27(36)17-34-28(37)30(39-29(34)38)13-12-22-14-21(6-10-25(22)30)23-7-11-26(35)32-15-23/h2-3,6-11,14-15,18,20H,4-5,12-13,16-17H2,1H3,(H,32,35)/t18-,30?/m0/s1. The summed E-state index contributed by atoms with van der Waals surface area (Å²) < 4.78 is 19.2. The minimum atomic E-state index is -1.44. The first-order valence-corrected chi connectivity index (χ1v) is 13.2. The molecule has 6 rings (SSSR count). The lowest BCUT2D eigenvalue weighted by atomic mass is 9.93. The number of aromatic nitrogens is 1. The van der Waals surface area contributed by atoms with Crippen molar-refractivity contribution in [3.05, 3.63) is 93.7 Å². The van der Waals surface area contributed by atoms with E-state index in [1.54, 1.807) is 35.4 Å². The highest BCUT2D eigenvalue weighted by Crippen LogP contribution is 2.46. The molecule has 1 saturated heterocycles. The van der Waals surface area contributed by atoms with E-state index in [9.17, 15) is 23.6 Å². The second-order valence-corrected chi connectivity index (χ2v) is 10.6. The predicted octanol–water partition coefficient (Wildman–Crippen LogP) is 4.13. The molecule has 3 amide bonds. The summed E-state index contributed by atoms with van der Waals surface area (Å²) in [5.74, 6) is -0.879. The first-order valence-electron chi connectivity index (χ1n) is 13.2. The number of benzene rings is 2. The molecular weight excluding hydrogens is 501 g/mol. The van der Waals surface area contributed by atoms with E-state index >= 15 is 0 Å². The second-order valence-electron chi connectivity index (χ2n) is 10.6. The monoisotopic (exact) mass is 529 g/mol. The van der Waals surface area contributed by atoms with Crippen LogP contribution in [-0.4, -0.2) is 45.3 Å². The number of carbonyl (C=O) groups excluding carboxylic acids is 3. The first-order chi connectivity index (χ1) is 18.7. The number of halogens is 1. The fourth-order valence-corrected chi connectivity index (χ4v) is 5.73. The van der Waals surface area contributed by atoms with Gasteiger partial charge in [0.25, 0.3) is 5.91 Å². The van der Waals surface area contributed by atoms with Gasteiger partial charge in [-0.15, -0.1) is 0 Å². The normalized spacial score (nSPS) is 20.7. The predicted molar refractivity (Wildman–Crippen MR) is 140 cm³/mol. The van der Waals surface area contributed by atoms with Gasteiger partial charge in [0.15, 0.2) is 0 Å². The van der Waals surface area contributed by atoms with Crippen molar-refractivity contribution in [1.29, 1.82) is 0 Å². The number of nitrogens with zero attached hydrogens (tertiary/aromatic N) is 2. The van der Waals surface area contributed by atoms with Crippen LogP contribution in [0.5, 0.6) is 0 Å². The van der Waals surface area contributed by atoms with E-state index in [0.717, 1.165) is 40.0 Å². The molecule has 2 heterocycles. The number of H-pyrrole nitrogens is 1. The Morgan fingerprint density at radius 2 is 1.85 bits per heavy atom. The molecule has 0 radical (unpaired) electrons. The van der Waals surface area contributed by atoms with Crippen LogP contribution in [-0.2, 0) is 32.9 Å². The Morgan fingerprint density at radius 3 is 2.54 bits per heavy atom. The molecule has 1 aromatic heterocycles. The van der Waals surface area contributed by atoms with Gasteiger partial charge in [-0.1, -0.05) is 30.3 Å². The quantitative estimate of drug-likeness (QED) is 0.496. The summed E-state index contributed by atoms with van der Waals surface area (Å²) in [5.41, 5.74) is 2.33. The summed E-state index contributed by atoms with van der Waals surface area (Å²) in [6.07, 6.45) is 3.66. The van der Waals surface area contributed by atoms with Crippen LogP contribution in [0, 0.1) is 11.7 Å². The number of aromatic amines is 1. The number of nitrogens with one attached hydrogen (secondary N) is 1. The lowest BCUT2D eigenvalue weighted by molar-refractivity contribution is -0.143. The Balaban J connectivity index is 1.23. The zero-order valence-corrected chi connectivity index (χ0v) is 21.5. The molecule has 9 heteroatoms. The lowest BCUT2D eigenvalue weighted by Gasteiger charge is -2.30. The smallest absolute Gasteiger partial charge is 0.418 e. The van der Waals surface area contributed by atoms with Gasteiger partial charge in [-0.05, 0) is 72.6 Å². The maximum absolute atomic E-state index is 13.7. The fourth-order valence-electron chi connectivity index (χ4n) is 5.73. The van der Waals surface area contributed by atoms with E-state index in [4.69, 9.17) is 4.74 Å². The summed E-state index contributed by atoms with van der Waals surface area (Å²) in [6, 6.07) is 14.6. The van der Waals surface area contributed by atoms with Gasteiger partial charge in [-0.25, -0.2) is 14.1 Å². The number of pyridine rings is 1. The topological polar surface area (TPSA) is 99.8 Å². The summed E-state index contributed by atoms with van der Waals surface area (Å²) in [6.45, 7) is 1.82. The molecular formula is C30H28FN3O5. The third-order valence-corrected chi connectivity index (χ3v) is 8.15. The van der Waals surface area contributed by atoms with Crippen LogP contribution >= 0.6 is 0 Å². The van der Waals surface area contributed by atoms with E-state index in [1.807, 2.05) is 19.1 Å². The average molecular weight is 530 g/mol. The van der Waals surface area contributed by atoms with Gasteiger partial charge >= 0.3 is 6.09 Å². The van der Waals surface area contributed by atoms with Gasteiger partial charge < -0.3 is 14.6 Å². The molecule has 2 atom stereocenters. The molecule has 8 nitrogen and oxygen atoms in total. The Kier molecular flexibility index (Phi) is 6.09. The van der Waals surface area contributed by atoms with Gasteiger partial charge in [0.05, 0.1) is 0 Å². The van der Waals surface area contributed by atoms with Crippen molar-refractivity contribution in [3.63, 3.8) is 0 Å². The highest BCUT2D eigenvalue weighted by molar-refractivity contribution is 6.06. The number of carbonyl (C=O) groups is 3. The highest BCUT2D eigenvalue weighted by atomic mass is 19.1. The molecule has 39 heavy (non-hydrogen) atoms. The van der Waals surface area contributed by atoms with Gasteiger partial charge in [0.1, 0.15) is 12.4 Å². The minimum absolute atomic E-state index is 0.0798. The zero-order valence-electron chi connectivity index (χ0n) is 21.5. The SMILES string of the molecule is C[C@@H](C1CC1)N(Cc1ccc(F)cc1)C(=O)CN1C(=O)OC2(CCc3cc(-c4ccc(=O)[nH]c4)ccc32)C1=O.